The number of hydrogen-bond donors (Lipinski definition) is 2. The minimum absolute atomic E-state index is 0.305. The second kappa shape index (κ2) is 5.51. The number of nitrogens with zero attached hydrogens (tertiary/aromatic N) is 2. The van der Waals surface area contributed by atoms with Crippen molar-refractivity contribution in [1.29, 1.82) is 0 Å². The van der Waals surface area contributed by atoms with Gasteiger partial charge in [0.25, 0.3) is 0 Å². The van der Waals surface area contributed by atoms with Crippen LogP contribution in [0.5, 0.6) is 0 Å². The molecule has 0 amide bonds. The third kappa shape index (κ3) is 3.20. The lowest BCUT2D eigenvalue weighted by atomic mass is 10.0. The summed E-state index contributed by atoms with van der Waals surface area (Å²) in [5.74, 6) is 1.75. The average molecular weight is 257 g/mol. The Kier molecular flexibility index (Phi) is 4.02. The summed E-state index contributed by atoms with van der Waals surface area (Å²) in [6.45, 7) is 4.26. The second-order valence-corrected chi connectivity index (χ2v) is 4.65. The second-order valence-electron chi connectivity index (χ2n) is 4.29. The maximum atomic E-state index is 5.90. The van der Waals surface area contributed by atoms with Crippen LogP contribution in [0.1, 0.15) is 18.7 Å². The maximum absolute atomic E-state index is 5.90. The first-order chi connectivity index (χ1) is 8.16. The first kappa shape index (κ1) is 12.4. The zero-order valence-corrected chi connectivity index (χ0v) is 10.6. The maximum Gasteiger partial charge on any atom is 0.157 e. The smallest absolute Gasteiger partial charge is 0.157 e. The number of halogens is 1. The molecule has 17 heavy (non-hydrogen) atoms. The van der Waals surface area contributed by atoms with E-state index in [2.05, 4.69) is 15.3 Å². The van der Waals surface area contributed by atoms with Gasteiger partial charge in [-0.15, -0.1) is 0 Å². The van der Waals surface area contributed by atoms with Crippen LogP contribution in [0.15, 0.2) is 0 Å². The van der Waals surface area contributed by atoms with Crippen molar-refractivity contribution >= 4 is 23.1 Å². The summed E-state index contributed by atoms with van der Waals surface area (Å²) in [6, 6.07) is 0. The van der Waals surface area contributed by atoms with E-state index < -0.39 is 0 Å². The fourth-order valence-corrected chi connectivity index (χ4v) is 2.10. The molecule has 2 rings (SSSR count). The van der Waals surface area contributed by atoms with Gasteiger partial charge in [0.05, 0.1) is 6.61 Å². The molecule has 0 aromatic carbocycles. The van der Waals surface area contributed by atoms with Crippen molar-refractivity contribution < 1.29 is 4.74 Å². The topological polar surface area (TPSA) is 73.1 Å². The molecule has 0 radical (unpaired) electrons. The molecule has 1 aliphatic heterocycles. The van der Waals surface area contributed by atoms with Gasteiger partial charge in [0.2, 0.25) is 0 Å². The van der Waals surface area contributed by atoms with Gasteiger partial charge < -0.3 is 15.8 Å². The highest BCUT2D eigenvalue weighted by Crippen LogP contribution is 2.24. The van der Waals surface area contributed by atoms with E-state index in [4.69, 9.17) is 22.1 Å². The van der Waals surface area contributed by atoms with Crippen LogP contribution in [-0.4, -0.2) is 29.7 Å². The number of ether oxygens (including phenoxy) is 1. The Labute approximate surface area is 106 Å². The summed E-state index contributed by atoms with van der Waals surface area (Å²) >= 11 is 5.90. The Morgan fingerprint density at radius 2 is 2.35 bits per heavy atom. The van der Waals surface area contributed by atoms with Gasteiger partial charge >= 0.3 is 0 Å². The van der Waals surface area contributed by atoms with E-state index in [0.29, 0.717) is 28.4 Å². The van der Waals surface area contributed by atoms with Gasteiger partial charge in [0.15, 0.2) is 11.0 Å². The van der Waals surface area contributed by atoms with Crippen LogP contribution in [0.3, 0.4) is 0 Å². The van der Waals surface area contributed by atoms with E-state index in [1.165, 1.54) is 6.42 Å². The SMILES string of the molecule is Cc1nc(Cl)c(N)c(NCC2CCCOC2)n1. The van der Waals surface area contributed by atoms with Gasteiger partial charge in [-0.2, -0.15) is 0 Å². The molecule has 5 nitrogen and oxygen atoms in total. The summed E-state index contributed by atoms with van der Waals surface area (Å²) in [7, 11) is 0. The first-order valence-corrected chi connectivity index (χ1v) is 6.16. The Hall–Kier alpha value is -1.07. The van der Waals surface area contributed by atoms with E-state index in [-0.39, 0.29) is 0 Å². The lowest BCUT2D eigenvalue weighted by Gasteiger charge is -2.22. The molecule has 0 spiro atoms. The number of nitrogens with one attached hydrogen (secondary N) is 1. The number of aromatic nitrogens is 2. The lowest BCUT2D eigenvalue weighted by molar-refractivity contribution is 0.0595. The van der Waals surface area contributed by atoms with Crippen LogP contribution in [0.2, 0.25) is 5.15 Å². The van der Waals surface area contributed by atoms with E-state index in [1.54, 1.807) is 6.92 Å². The molecule has 94 valence electrons. The molecule has 0 aliphatic carbocycles. The number of hydrogen-bond acceptors (Lipinski definition) is 5. The lowest BCUT2D eigenvalue weighted by Crippen LogP contribution is -2.25. The number of aryl methyl sites for hydroxylation is 1. The van der Waals surface area contributed by atoms with Crippen molar-refractivity contribution in [3.05, 3.63) is 11.0 Å². The van der Waals surface area contributed by atoms with Gasteiger partial charge in [-0.3, -0.25) is 0 Å². The van der Waals surface area contributed by atoms with Gasteiger partial charge in [0.1, 0.15) is 11.5 Å². The minimum Gasteiger partial charge on any atom is -0.393 e. The molecular formula is C11H17ClN4O. The van der Waals surface area contributed by atoms with E-state index >= 15 is 0 Å². The van der Waals surface area contributed by atoms with Gasteiger partial charge in [0, 0.05) is 13.2 Å². The molecule has 0 bridgehead atoms. The molecule has 1 aromatic rings. The van der Waals surface area contributed by atoms with Crippen molar-refractivity contribution in [2.75, 3.05) is 30.8 Å². The van der Waals surface area contributed by atoms with E-state index in [9.17, 15) is 0 Å². The summed E-state index contributed by atoms with van der Waals surface area (Å²) in [6.07, 6.45) is 2.29. The van der Waals surface area contributed by atoms with E-state index in [1.807, 2.05) is 0 Å². The van der Waals surface area contributed by atoms with Crippen molar-refractivity contribution in [3.8, 4) is 0 Å². The molecule has 6 heteroatoms. The van der Waals surface area contributed by atoms with E-state index in [0.717, 1.165) is 26.2 Å². The molecule has 0 saturated carbocycles. The number of rotatable bonds is 3. The van der Waals surface area contributed by atoms with Crippen LogP contribution < -0.4 is 11.1 Å². The molecule has 3 N–H and O–H groups in total. The highest BCUT2D eigenvalue weighted by atomic mass is 35.5. The molecule has 1 unspecified atom stereocenters. The molecular weight excluding hydrogens is 240 g/mol. The normalized spacial score (nSPS) is 20.2. The monoisotopic (exact) mass is 256 g/mol. The average Bonchev–Trinajstić information content (AvgIpc) is 2.33. The quantitative estimate of drug-likeness (QED) is 0.808. The number of anilines is 2. The van der Waals surface area contributed by atoms with Gasteiger partial charge in [-0.1, -0.05) is 11.6 Å². The Morgan fingerprint density at radius 3 is 3.06 bits per heavy atom. The summed E-state index contributed by atoms with van der Waals surface area (Å²) in [4.78, 5) is 8.24. The van der Waals surface area contributed by atoms with Crippen LogP contribution in [-0.2, 0) is 4.74 Å². The third-order valence-corrected chi connectivity index (χ3v) is 3.11. The summed E-state index contributed by atoms with van der Waals surface area (Å²) in [5.41, 5.74) is 6.23. The minimum atomic E-state index is 0.305. The number of nitrogens with two attached hydrogens (primary N) is 1. The van der Waals surface area contributed by atoms with Crippen molar-refractivity contribution in [2.24, 2.45) is 5.92 Å². The largest absolute Gasteiger partial charge is 0.393 e. The number of nitrogen functional groups attached to an aromatic ring is 1. The highest BCUT2D eigenvalue weighted by Gasteiger charge is 2.15. The predicted octanol–water partition coefficient (Wildman–Crippen LogP) is 1.86. The zero-order chi connectivity index (χ0) is 12.3. The fourth-order valence-electron chi connectivity index (χ4n) is 1.89. The molecule has 1 aromatic heterocycles. The molecule has 1 aliphatic rings. The highest BCUT2D eigenvalue weighted by molar-refractivity contribution is 6.32. The zero-order valence-electron chi connectivity index (χ0n) is 9.87. The van der Waals surface area contributed by atoms with Crippen molar-refractivity contribution in [2.45, 2.75) is 19.8 Å². The Morgan fingerprint density at radius 1 is 1.53 bits per heavy atom. The predicted molar refractivity (Wildman–Crippen MR) is 68.2 cm³/mol. The van der Waals surface area contributed by atoms with Crippen LogP contribution >= 0.6 is 11.6 Å². The van der Waals surface area contributed by atoms with Gasteiger partial charge in [-0.05, 0) is 25.7 Å². The molecule has 1 atom stereocenters. The van der Waals surface area contributed by atoms with Crippen molar-refractivity contribution in [1.82, 2.24) is 9.97 Å². The van der Waals surface area contributed by atoms with Crippen molar-refractivity contribution in [3.63, 3.8) is 0 Å². The van der Waals surface area contributed by atoms with Crippen LogP contribution in [0.25, 0.3) is 0 Å². The molecule has 1 saturated heterocycles. The van der Waals surface area contributed by atoms with Gasteiger partial charge in [-0.25, -0.2) is 9.97 Å². The summed E-state index contributed by atoms with van der Waals surface area (Å²) in [5, 5.41) is 3.53. The third-order valence-electron chi connectivity index (χ3n) is 2.82. The molecule has 2 heterocycles. The molecule has 1 fully saturated rings. The van der Waals surface area contributed by atoms with Crippen LogP contribution in [0.4, 0.5) is 11.5 Å². The fraction of sp³-hybridized carbons (Fsp3) is 0.636. The van der Waals surface area contributed by atoms with Crippen LogP contribution in [0, 0.1) is 12.8 Å². The summed E-state index contributed by atoms with van der Waals surface area (Å²) < 4.78 is 5.42. The Balaban J connectivity index is 1.98. The standard InChI is InChI=1S/C11H17ClN4O/c1-7-15-10(12)9(13)11(16-7)14-5-8-3-2-4-17-6-8/h8H,2-6,13H2,1H3,(H,14,15,16). The Bertz CT molecular complexity index is 393. The first-order valence-electron chi connectivity index (χ1n) is 5.78.